The summed E-state index contributed by atoms with van der Waals surface area (Å²) in [6, 6.07) is 7.98. The molecule has 1 atom stereocenters. The molecule has 0 radical (unpaired) electrons. The number of fused-ring (bicyclic) bond motifs is 1. The summed E-state index contributed by atoms with van der Waals surface area (Å²) in [6.45, 7) is 2.66. The number of hydrogen-bond acceptors (Lipinski definition) is 6. The highest BCUT2D eigenvalue weighted by Crippen LogP contribution is 2.23. The largest absolute Gasteiger partial charge is 0.423 e. The van der Waals surface area contributed by atoms with Crippen molar-refractivity contribution in [3.05, 3.63) is 42.2 Å². The minimum absolute atomic E-state index is 0. The first kappa shape index (κ1) is 22.0. The lowest BCUT2D eigenvalue weighted by atomic mass is 10.1. The molecule has 1 unspecified atom stereocenters. The fraction of sp³-hybridized carbons (Fsp3) is 0.389. The van der Waals surface area contributed by atoms with Gasteiger partial charge in [0, 0.05) is 45.0 Å². The molecule has 1 aliphatic rings. The van der Waals surface area contributed by atoms with Crippen molar-refractivity contribution in [1.82, 2.24) is 25.0 Å². The Morgan fingerprint density at radius 3 is 2.50 bits per heavy atom. The molecule has 0 saturated carbocycles. The SMILES string of the molecule is CNC(C(=O)N1CCN(c2nc3ccccc3o2)CC1)c1cnn(C)c1.Cl.Cl. The third-order valence-electron chi connectivity index (χ3n) is 4.74. The number of rotatable bonds is 4. The summed E-state index contributed by atoms with van der Waals surface area (Å²) in [5, 5.41) is 7.26. The predicted octanol–water partition coefficient (Wildman–Crippen LogP) is 2.01. The molecule has 8 nitrogen and oxygen atoms in total. The maximum atomic E-state index is 12.9. The number of aryl methyl sites for hydroxylation is 1. The second kappa shape index (κ2) is 9.27. The summed E-state index contributed by atoms with van der Waals surface area (Å²) in [7, 11) is 3.64. The zero-order valence-electron chi connectivity index (χ0n) is 15.7. The van der Waals surface area contributed by atoms with Gasteiger partial charge in [-0.1, -0.05) is 12.1 Å². The average molecular weight is 427 g/mol. The summed E-state index contributed by atoms with van der Waals surface area (Å²) < 4.78 is 7.54. The Morgan fingerprint density at radius 1 is 1.18 bits per heavy atom. The number of anilines is 1. The van der Waals surface area contributed by atoms with Crippen LogP contribution < -0.4 is 10.2 Å². The van der Waals surface area contributed by atoms with Crippen LogP contribution in [0, 0.1) is 0 Å². The van der Waals surface area contributed by atoms with E-state index in [-0.39, 0.29) is 36.8 Å². The molecule has 4 rings (SSSR count). The lowest BCUT2D eigenvalue weighted by molar-refractivity contribution is -0.133. The van der Waals surface area contributed by atoms with E-state index >= 15 is 0 Å². The van der Waals surface area contributed by atoms with Gasteiger partial charge in [0.15, 0.2) is 5.58 Å². The molecule has 3 aromatic rings. The Morgan fingerprint density at radius 2 is 1.89 bits per heavy atom. The van der Waals surface area contributed by atoms with Crippen LogP contribution in [-0.2, 0) is 11.8 Å². The Balaban J connectivity index is 0.00000140. The molecule has 0 aliphatic carbocycles. The molecule has 1 fully saturated rings. The zero-order chi connectivity index (χ0) is 18.1. The van der Waals surface area contributed by atoms with Crippen LogP contribution in [0.1, 0.15) is 11.6 Å². The molecule has 1 saturated heterocycles. The van der Waals surface area contributed by atoms with E-state index in [1.54, 1.807) is 17.9 Å². The number of halogens is 2. The van der Waals surface area contributed by atoms with E-state index in [2.05, 4.69) is 20.3 Å². The van der Waals surface area contributed by atoms with Crippen molar-refractivity contribution in [2.45, 2.75) is 6.04 Å². The van der Waals surface area contributed by atoms with Crippen molar-refractivity contribution in [2.24, 2.45) is 7.05 Å². The minimum Gasteiger partial charge on any atom is -0.423 e. The van der Waals surface area contributed by atoms with Crippen molar-refractivity contribution in [2.75, 3.05) is 38.1 Å². The molecule has 10 heteroatoms. The van der Waals surface area contributed by atoms with Crippen LogP contribution in [0.25, 0.3) is 11.1 Å². The van der Waals surface area contributed by atoms with Gasteiger partial charge in [-0.15, -0.1) is 24.8 Å². The highest BCUT2D eigenvalue weighted by Gasteiger charge is 2.29. The molecule has 0 spiro atoms. The zero-order valence-corrected chi connectivity index (χ0v) is 17.4. The molecule has 1 N–H and O–H groups in total. The summed E-state index contributed by atoms with van der Waals surface area (Å²) in [4.78, 5) is 21.4. The maximum Gasteiger partial charge on any atom is 0.298 e. The van der Waals surface area contributed by atoms with Crippen LogP contribution >= 0.6 is 24.8 Å². The van der Waals surface area contributed by atoms with Gasteiger partial charge in [0.05, 0.1) is 6.20 Å². The van der Waals surface area contributed by atoms with E-state index in [0.717, 1.165) is 16.7 Å². The number of hydrogen-bond donors (Lipinski definition) is 1. The normalized spacial score (nSPS) is 15.1. The lowest BCUT2D eigenvalue weighted by Gasteiger charge is -2.35. The first-order valence-corrected chi connectivity index (χ1v) is 8.71. The van der Waals surface area contributed by atoms with Gasteiger partial charge in [0.1, 0.15) is 11.6 Å². The molecular weight excluding hydrogens is 403 g/mol. The number of carbonyl (C=O) groups is 1. The van der Waals surface area contributed by atoms with E-state index in [1.807, 2.05) is 42.4 Å². The summed E-state index contributed by atoms with van der Waals surface area (Å²) in [5.41, 5.74) is 2.52. The predicted molar refractivity (Wildman–Crippen MR) is 112 cm³/mol. The molecule has 28 heavy (non-hydrogen) atoms. The van der Waals surface area contributed by atoms with Gasteiger partial charge in [-0.25, -0.2) is 0 Å². The van der Waals surface area contributed by atoms with Gasteiger partial charge < -0.3 is 19.5 Å². The number of benzene rings is 1. The molecule has 152 valence electrons. The topological polar surface area (TPSA) is 79.4 Å². The van der Waals surface area contributed by atoms with Crippen molar-refractivity contribution in [3.8, 4) is 0 Å². The second-order valence-corrected chi connectivity index (χ2v) is 6.45. The van der Waals surface area contributed by atoms with Gasteiger partial charge in [0.25, 0.3) is 6.01 Å². The Hall–Kier alpha value is -2.29. The molecule has 3 heterocycles. The molecule has 0 bridgehead atoms. The summed E-state index contributed by atoms with van der Waals surface area (Å²) in [6.07, 6.45) is 3.60. The number of aromatic nitrogens is 3. The molecular formula is C18H24Cl2N6O2. The highest BCUT2D eigenvalue weighted by atomic mass is 35.5. The van der Waals surface area contributed by atoms with Crippen molar-refractivity contribution in [3.63, 3.8) is 0 Å². The van der Waals surface area contributed by atoms with E-state index in [0.29, 0.717) is 32.2 Å². The summed E-state index contributed by atoms with van der Waals surface area (Å²) in [5.74, 6) is 0.0673. The third kappa shape index (κ3) is 4.24. The fourth-order valence-corrected chi connectivity index (χ4v) is 3.32. The number of likely N-dealkylation sites (N-methyl/N-ethyl adjacent to an activating group) is 1. The minimum atomic E-state index is -0.375. The van der Waals surface area contributed by atoms with E-state index in [4.69, 9.17) is 4.42 Å². The maximum absolute atomic E-state index is 12.9. The number of amides is 1. The standard InChI is InChI=1S/C18H22N6O2.2ClH/c1-19-16(13-11-20-22(2)12-13)17(25)23-7-9-24(10-8-23)18-21-14-5-3-4-6-15(14)26-18;;/h3-6,11-12,16,19H,7-10H2,1-2H3;2*1H. The lowest BCUT2D eigenvalue weighted by Crippen LogP contribution is -2.51. The second-order valence-electron chi connectivity index (χ2n) is 6.45. The van der Waals surface area contributed by atoms with E-state index in [9.17, 15) is 4.79 Å². The van der Waals surface area contributed by atoms with Gasteiger partial charge >= 0.3 is 0 Å². The fourth-order valence-electron chi connectivity index (χ4n) is 3.32. The van der Waals surface area contributed by atoms with Gasteiger partial charge in [0.2, 0.25) is 5.91 Å². The number of nitrogens with zero attached hydrogens (tertiary/aromatic N) is 5. The van der Waals surface area contributed by atoms with Crippen molar-refractivity contribution < 1.29 is 9.21 Å². The Labute approximate surface area is 175 Å². The number of carbonyl (C=O) groups excluding carboxylic acids is 1. The Bertz CT molecular complexity index is 887. The number of para-hydroxylation sites is 2. The number of nitrogens with one attached hydrogen (secondary N) is 1. The first-order chi connectivity index (χ1) is 12.7. The van der Waals surface area contributed by atoms with Gasteiger partial charge in [-0.2, -0.15) is 10.1 Å². The van der Waals surface area contributed by atoms with E-state index in [1.165, 1.54) is 0 Å². The van der Waals surface area contributed by atoms with Crippen LogP contribution in [-0.4, -0.2) is 58.8 Å². The highest BCUT2D eigenvalue weighted by molar-refractivity contribution is 5.85. The van der Waals surface area contributed by atoms with E-state index < -0.39 is 0 Å². The third-order valence-corrected chi connectivity index (χ3v) is 4.74. The first-order valence-electron chi connectivity index (χ1n) is 8.71. The molecule has 1 aliphatic heterocycles. The smallest absolute Gasteiger partial charge is 0.298 e. The van der Waals surface area contributed by atoms with Gasteiger partial charge in [-0.05, 0) is 19.2 Å². The molecule has 1 aromatic carbocycles. The van der Waals surface area contributed by atoms with Crippen LogP contribution in [0.4, 0.5) is 6.01 Å². The Kier molecular flexibility index (Phi) is 7.29. The van der Waals surface area contributed by atoms with Gasteiger partial charge in [-0.3, -0.25) is 9.48 Å². The molecule has 1 amide bonds. The van der Waals surface area contributed by atoms with Crippen LogP contribution in [0.3, 0.4) is 0 Å². The van der Waals surface area contributed by atoms with Crippen molar-refractivity contribution >= 4 is 47.8 Å². The summed E-state index contributed by atoms with van der Waals surface area (Å²) >= 11 is 0. The van der Waals surface area contributed by atoms with Crippen molar-refractivity contribution in [1.29, 1.82) is 0 Å². The number of piperazine rings is 1. The van der Waals surface area contributed by atoms with Crippen LogP contribution in [0.2, 0.25) is 0 Å². The average Bonchev–Trinajstić information content (AvgIpc) is 3.28. The van der Waals surface area contributed by atoms with Crippen LogP contribution in [0.5, 0.6) is 0 Å². The monoisotopic (exact) mass is 426 g/mol. The van der Waals surface area contributed by atoms with Crippen LogP contribution in [0.15, 0.2) is 41.1 Å². The number of oxazole rings is 1. The molecule has 2 aromatic heterocycles. The quantitative estimate of drug-likeness (QED) is 0.687.